The maximum Gasteiger partial charge on any atom is 0.341 e. The summed E-state index contributed by atoms with van der Waals surface area (Å²) in [4.78, 5) is 11.2. The fourth-order valence-corrected chi connectivity index (χ4v) is 2.34. The fourth-order valence-electron chi connectivity index (χ4n) is 2.09. The summed E-state index contributed by atoms with van der Waals surface area (Å²) in [6.07, 6.45) is 2.85. The van der Waals surface area contributed by atoms with Crippen LogP contribution in [0.3, 0.4) is 0 Å². The molecule has 0 atom stereocenters. The monoisotopic (exact) mass is 304 g/mol. The van der Waals surface area contributed by atoms with Gasteiger partial charge < -0.3 is 9.84 Å². The number of carbonyl (C=O) groups is 1. The van der Waals surface area contributed by atoms with Crippen LogP contribution < -0.4 is 4.74 Å². The Labute approximate surface area is 129 Å². The summed E-state index contributed by atoms with van der Waals surface area (Å²) in [6, 6.07) is 15.1. The highest BCUT2D eigenvalue weighted by atomic mass is 35.5. The Bertz CT molecular complexity index is 596. The first kappa shape index (κ1) is 15.4. The third kappa shape index (κ3) is 4.50. The zero-order valence-electron chi connectivity index (χ0n) is 11.6. The Morgan fingerprint density at radius 2 is 1.81 bits per heavy atom. The Morgan fingerprint density at radius 3 is 2.52 bits per heavy atom. The van der Waals surface area contributed by atoms with Gasteiger partial charge in [0.1, 0.15) is 11.3 Å². The van der Waals surface area contributed by atoms with Crippen molar-refractivity contribution in [2.75, 3.05) is 6.61 Å². The fraction of sp³-hybridized carbons (Fsp3) is 0.235. The smallest absolute Gasteiger partial charge is 0.341 e. The van der Waals surface area contributed by atoms with Gasteiger partial charge in [-0.15, -0.1) is 0 Å². The molecule has 110 valence electrons. The lowest BCUT2D eigenvalue weighted by molar-refractivity contribution is 0.0692. The number of benzene rings is 2. The number of hydrogen-bond donors (Lipinski definition) is 1. The molecule has 0 unspecified atom stereocenters. The molecular formula is C17H17ClO3. The molecule has 0 amide bonds. The van der Waals surface area contributed by atoms with Gasteiger partial charge in [0.25, 0.3) is 0 Å². The van der Waals surface area contributed by atoms with Crippen LogP contribution in [0.4, 0.5) is 0 Å². The first-order chi connectivity index (χ1) is 10.2. The summed E-state index contributed by atoms with van der Waals surface area (Å²) in [6.45, 7) is 0.480. The van der Waals surface area contributed by atoms with E-state index in [1.54, 1.807) is 18.2 Å². The van der Waals surface area contributed by atoms with Gasteiger partial charge in [-0.1, -0.05) is 48.0 Å². The molecule has 21 heavy (non-hydrogen) atoms. The van der Waals surface area contributed by atoms with E-state index in [2.05, 4.69) is 12.1 Å². The van der Waals surface area contributed by atoms with Crippen LogP contribution >= 0.6 is 11.6 Å². The summed E-state index contributed by atoms with van der Waals surface area (Å²) in [5.41, 5.74) is 1.33. The number of ether oxygens (including phenoxy) is 1. The minimum Gasteiger partial charge on any atom is -0.493 e. The van der Waals surface area contributed by atoms with E-state index in [1.165, 1.54) is 5.56 Å². The molecule has 2 aromatic rings. The molecule has 0 aliphatic carbocycles. The number of aromatic carboxylic acids is 1. The van der Waals surface area contributed by atoms with Gasteiger partial charge in [0, 0.05) is 0 Å². The molecule has 4 heteroatoms. The molecule has 0 aliphatic heterocycles. The molecule has 0 saturated carbocycles. The van der Waals surface area contributed by atoms with Crippen LogP contribution in [0.2, 0.25) is 5.02 Å². The van der Waals surface area contributed by atoms with Crippen LogP contribution in [-0.4, -0.2) is 17.7 Å². The molecular weight excluding hydrogens is 288 g/mol. The van der Waals surface area contributed by atoms with Crippen molar-refractivity contribution < 1.29 is 14.6 Å². The van der Waals surface area contributed by atoms with Crippen molar-refractivity contribution in [1.29, 1.82) is 0 Å². The second-order valence-corrected chi connectivity index (χ2v) is 5.12. The van der Waals surface area contributed by atoms with Crippen molar-refractivity contribution in [2.45, 2.75) is 19.3 Å². The average Bonchev–Trinajstić information content (AvgIpc) is 2.47. The van der Waals surface area contributed by atoms with Gasteiger partial charge in [-0.05, 0) is 37.0 Å². The van der Waals surface area contributed by atoms with Gasteiger partial charge >= 0.3 is 5.97 Å². The maximum absolute atomic E-state index is 11.2. The number of aryl methyl sites for hydroxylation is 1. The van der Waals surface area contributed by atoms with E-state index in [1.807, 2.05) is 18.2 Å². The standard InChI is InChI=1S/C17H17ClO3/c18-14-10-6-11-15(16(14)17(19)20)21-12-5-4-9-13-7-2-1-3-8-13/h1-3,6-8,10-11H,4-5,9,12H2,(H,19,20). The minimum absolute atomic E-state index is 0.0298. The third-order valence-electron chi connectivity index (χ3n) is 3.15. The molecule has 1 N–H and O–H groups in total. The van der Waals surface area contributed by atoms with Crippen LogP contribution in [0.25, 0.3) is 0 Å². The second-order valence-electron chi connectivity index (χ2n) is 4.71. The van der Waals surface area contributed by atoms with Gasteiger partial charge in [0.15, 0.2) is 0 Å². The lowest BCUT2D eigenvalue weighted by Gasteiger charge is -2.10. The number of halogens is 1. The molecule has 0 radical (unpaired) electrons. The maximum atomic E-state index is 11.2. The molecule has 0 saturated heterocycles. The van der Waals surface area contributed by atoms with Crippen LogP contribution in [0, 0.1) is 0 Å². The van der Waals surface area contributed by atoms with Crippen LogP contribution in [0.1, 0.15) is 28.8 Å². The Hall–Kier alpha value is -2.00. The predicted octanol–water partition coefficient (Wildman–Crippen LogP) is 4.44. The summed E-state index contributed by atoms with van der Waals surface area (Å²) in [5.74, 6) is -0.741. The Kier molecular flexibility index (Phi) is 5.64. The molecule has 0 aliphatic rings. The highest BCUT2D eigenvalue weighted by Crippen LogP contribution is 2.26. The van der Waals surface area contributed by atoms with E-state index in [0.717, 1.165) is 19.3 Å². The van der Waals surface area contributed by atoms with E-state index in [-0.39, 0.29) is 10.6 Å². The van der Waals surface area contributed by atoms with E-state index in [0.29, 0.717) is 12.4 Å². The van der Waals surface area contributed by atoms with Crippen molar-refractivity contribution in [1.82, 2.24) is 0 Å². The van der Waals surface area contributed by atoms with Crippen molar-refractivity contribution in [3.05, 3.63) is 64.7 Å². The zero-order valence-corrected chi connectivity index (χ0v) is 12.3. The molecule has 2 aromatic carbocycles. The number of unbranched alkanes of at least 4 members (excludes halogenated alkanes) is 1. The third-order valence-corrected chi connectivity index (χ3v) is 3.46. The van der Waals surface area contributed by atoms with E-state index in [9.17, 15) is 4.79 Å². The van der Waals surface area contributed by atoms with Gasteiger partial charge in [-0.3, -0.25) is 0 Å². The molecule has 0 bridgehead atoms. The van der Waals surface area contributed by atoms with Gasteiger partial charge in [0.05, 0.1) is 11.6 Å². The lowest BCUT2D eigenvalue weighted by Crippen LogP contribution is -2.05. The van der Waals surface area contributed by atoms with Crippen molar-refractivity contribution >= 4 is 17.6 Å². The SMILES string of the molecule is O=C(O)c1c(Cl)cccc1OCCCCc1ccccc1. The topological polar surface area (TPSA) is 46.5 Å². The molecule has 3 nitrogen and oxygen atoms in total. The quantitative estimate of drug-likeness (QED) is 0.769. The molecule has 0 spiro atoms. The summed E-state index contributed by atoms with van der Waals surface area (Å²) in [5, 5.41) is 9.33. The summed E-state index contributed by atoms with van der Waals surface area (Å²) >= 11 is 5.88. The second kappa shape index (κ2) is 7.70. The number of carboxylic acid groups (broad SMARTS) is 1. The summed E-state index contributed by atoms with van der Waals surface area (Å²) in [7, 11) is 0. The molecule has 0 fully saturated rings. The molecule has 0 heterocycles. The summed E-state index contributed by atoms with van der Waals surface area (Å²) < 4.78 is 5.55. The van der Waals surface area contributed by atoms with Crippen LogP contribution in [-0.2, 0) is 6.42 Å². The number of hydrogen-bond acceptors (Lipinski definition) is 2. The normalized spacial score (nSPS) is 10.3. The predicted molar refractivity (Wildman–Crippen MR) is 83.3 cm³/mol. The van der Waals surface area contributed by atoms with Gasteiger partial charge in [0.2, 0.25) is 0 Å². The lowest BCUT2D eigenvalue weighted by atomic mass is 10.1. The first-order valence-electron chi connectivity index (χ1n) is 6.87. The number of carboxylic acids is 1. The molecule has 0 aromatic heterocycles. The van der Waals surface area contributed by atoms with Gasteiger partial charge in [-0.25, -0.2) is 4.79 Å². The van der Waals surface area contributed by atoms with Gasteiger partial charge in [-0.2, -0.15) is 0 Å². The van der Waals surface area contributed by atoms with Crippen LogP contribution in [0.15, 0.2) is 48.5 Å². The molecule has 2 rings (SSSR count). The van der Waals surface area contributed by atoms with E-state index < -0.39 is 5.97 Å². The largest absolute Gasteiger partial charge is 0.493 e. The van der Waals surface area contributed by atoms with Crippen molar-refractivity contribution in [3.8, 4) is 5.75 Å². The van der Waals surface area contributed by atoms with Crippen molar-refractivity contribution in [3.63, 3.8) is 0 Å². The zero-order chi connectivity index (χ0) is 15.1. The van der Waals surface area contributed by atoms with Crippen molar-refractivity contribution in [2.24, 2.45) is 0 Å². The number of rotatable bonds is 7. The average molecular weight is 305 g/mol. The highest BCUT2D eigenvalue weighted by molar-refractivity contribution is 6.33. The first-order valence-corrected chi connectivity index (χ1v) is 7.25. The minimum atomic E-state index is -1.07. The highest BCUT2D eigenvalue weighted by Gasteiger charge is 2.15. The van der Waals surface area contributed by atoms with E-state index in [4.69, 9.17) is 21.4 Å². The van der Waals surface area contributed by atoms with Crippen LogP contribution in [0.5, 0.6) is 5.75 Å². The van der Waals surface area contributed by atoms with E-state index >= 15 is 0 Å². The Balaban J connectivity index is 1.81. The Morgan fingerprint density at radius 1 is 1.05 bits per heavy atom.